The molecule has 1 aromatic carbocycles. The molecule has 3 rings (SSSR count). The Hall–Kier alpha value is -0.820. The first kappa shape index (κ1) is 15.1. The third-order valence-corrected chi connectivity index (χ3v) is 6.32. The lowest BCUT2D eigenvalue weighted by Gasteiger charge is -2.49. The van der Waals surface area contributed by atoms with Gasteiger partial charge in [-0.15, -0.1) is 0 Å². The number of hydrogen-bond donors (Lipinski definition) is 1. The molecule has 2 aliphatic carbocycles. The predicted octanol–water partition coefficient (Wildman–Crippen LogP) is 5.26. The summed E-state index contributed by atoms with van der Waals surface area (Å²) in [7, 11) is 0. The van der Waals surface area contributed by atoms with Gasteiger partial charge in [-0.2, -0.15) is 0 Å². The van der Waals surface area contributed by atoms with Crippen molar-refractivity contribution in [2.45, 2.75) is 76.2 Å². The van der Waals surface area contributed by atoms with Crippen LogP contribution >= 0.6 is 0 Å². The summed E-state index contributed by atoms with van der Waals surface area (Å²) in [6, 6.07) is 11.1. The van der Waals surface area contributed by atoms with Crippen molar-refractivity contribution in [1.82, 2.24) is 0 Å². The number of hydrogen-bond acceptors (Lipinski definition) is 1. The Kier molecular flexibility index (Phi) is 4.69. The molecule has 0 aliphatic heterocycles. The van der Waals surface area contributed by atoms with E-state index in [-0.39, 0.29) is 5.54 Å². The molecule has 1 nitrogen and oxygen atoms in total. The van der Waals surface area contributed by atoms with E-state index >= 15 is 0 Å². The van der Waals surface area contributed by atoms with E-state index in [4.69, 9.17) is 5.73 Å². The Morgan fingerprint density at radius 2 is 1.86 bits per heavy atom. The first-order valence-corrected chi connectivity index (χ1v) is 9.08. The Balaban J connectivity index is 1.85. The average Bonchev–Trinajstić information content (AvgIpc) is 2.56. The highest BCUT2D eigenvalue weighted by Crippen LogP contribution is 2.48. The van der Waals surface area contributed by atoms with Crippen molar-refractivity contribution in [2.24, 2.45) is 17.6 Å². The van der Waals surface area contributed by atoms with Gasteiger partial charge in [-0.1, -0.05) is 69.4 Å². The van der Waals surface area contributed by atoms with E-state index in [1.165, 1.54) is 63.4 Å². The molecule has 2 aliphatic rings. The monoisotopic (exact) mass is 285 g/mol. The van der Waals surface area contributed by atoms with Crippen LogP contribution < -0.4 is 5.73 Å². The molecule has 4 atom stereocenters. The molecule has 0 radical (unpaired) electrons. The second kappa shape index (κ2) is 6.52. The smallest absolute Gasteiger partial charge is 0.0252 e. The maximum atomic E-state index is 7.13. The number of rotatable bonds is 3. The fourth-order valence-corrected chi connectivity index (χ4v) is 5.02. The average molecular weight is 285 g/mol. The van der Waals surface area contributed by atoms with Crippen molar-refractivity contribution >= 4 is 0 Å². The summed E-state index contributed by atoms with van der Waals surface area (Å²) in [5, 5.41) is 0. The predicted molar refractivity (Wildman–Crippen MR) is 90.3 cm³/mol. The van der Waals surface area contributed by atoms with Crippen LogP contribution in [-0.2, 0) is 0 Å². The number of nitrogens with two attached hydrogens (primary N) is 1. The van der Waals surface area contributed by atoms with Gasteiger partial charge in [0.05, 0.1) is 0 Å². The molecule has 0 spiro atoms. The van der Waals surface area contributed by atoms with Gasteiger partial charge in [-0.05, 0) is 43.1 Å². The summed E-state index contributed by atoms with van der Waals surface area (Å²) in [6.45, 7) is 2.35. The van der Waals surface area contributed by atoms with E-state index in [2.05, 4.69) is 37.3 Å². The van der Waals surface area contributed by atoms with E-state index in [0.717, 1.165) is 11.8 Å². The Morgan fingerprint density at radius 3 is 2.62 bits per heavy atom. The second-order valence-electron chi connectivity index (χ2n) is 7.46. The van der Waals surface area contributed by atoms with Gasteiger partial charge < -0.3 is 5.73 Å². The van der Waals surface area contributed by atoms with Gasteiger partial charge in [0.25, 0.3) is 0 Å². The maximum Gasteiger partial charge on any atom is 0.0252 e. The lowest BCUT2D eigenvalue weighted by atomic mass is 9.59. The van der Waals surface area contributed by atoms with Crippen LogP contribution in [0.2, 0.25) is 0 Å². The summed E-state index contributed by atoms with van der Waals surface area (Å²) in [4.78, 5) is 0. The molecule has 2 fully saturated rings. The standard InChI is InChI=1S/C20H31N/c1-2-16-9-8-12-18(15-16)20(21)14-7-6-13-19(20)17-10-4-3-5-11-17/h3-5,10-11,16,18-19H,2,6-9,12-15,21H2,1H3. The van der Waals surface area contributed by atoms with Crippen LogP contribution in [0.3, 0.4) is 0 Å². The summed E-state index contributed by atoms with van der Waals surface area (Å²) in [5.41, 5.74) is 8.66. The van der Waals surface area contributed by atoms with Gasteiger partial charge in [0.1, 0.15) is 0 Å². The van der Waals surface area contributed by atoms with E-state index in [1.807, 2.05) is 0 Å². The Labute approximate surface area is 130 Å². The lowest BCUT2D eigenvalue weighted by molar-refractivity contribution is 0.104. The number of benzene rings is 1. The van der Waals surface area contributed by atoms with Crippen molar-refractivity contribution in [3.05, 3.63) is 35.9 Å². The van der Waals surface area contributed by atoms with Crippen molar-refractivity contribution in [3.8, 4) is 0 Å². The van der Waals surface area contributed by atoms with Crippen LogP contribution in [0.5, 0.6) is 0 Å². The zero-order valence-electron chi connectivity index (χ0n) is 13.6. The van der Waals surface area contributed by atoms with E-state index in [0.29, 0.717) is 5.92 Å². The zero-order chi connectivity index (χ0) is 14.7. The van der Waals surface area contributed by atoms with Crippen molar-refractivity contribution in [2.75, 3.05) is 0 Å². The molecule has 1 heteroatoms. The highest BCUT2D eigenvalue weighted by molar-refractivity contribution is 5.25. The van der Waals surface area contributed by atoms with Gasteiger partial charge in [-0.25, -0.2) is 0 Å². The van der Waals surface area contributed by atoms with Crippen molar-refractivity contribution in [1.29, 1.82) is 0 Å². The summed E-state index contributed by atoms with van der Waals surface area (Å²) in [6.07, 6.45) is 12.1. The minimum Gasteiger partial charge on any atom is -0.324 e. The quantitative estimate of drug-likeness (QED) is 0.805. The molecule has 21 heavy (non-hydrogen) atoms. The second-order valence-corrected chi connectivity index (χ2v) is 7.46. The highest BCUT2D eigenvalue weighted by atomic mass is 14.8. The minimum atomic E-state index is 0.0491. The summed E-state index contributed by atoms with van der Waals surface area (Å²) >= 11 is 0. The van der Waals surface area contributed by atoms with E-state index < -0.39 is 0 Å². The molecular formula is C20H31N. The first-order chi connectivity index (χ1) is 10.2. The van der Waals surface area contributed by atoms with Crippen LogP contribution in [0, 0.1) is 11.8 Å². The normalized spacial score (nSPS) is 37.3. The van der Waals surface area contributed by atoms with Crippen LogP contribution in [-0.4, -0.2) is 5.54 Å². The topological polar surface area (TPSA) is 26.0 Å². The van der Waals surface area contributed by atoms with Crippen molar-refractivity contribution < 1.29 is 0 Å². The molecule has 2 N–H and O–H groups in total. The molecule has 0 amide bonds. The Morgan fingerprint density at radius 1 is 1.05 bits per heavy atom. The molecule has 0 bridgehead atoms. The third-order valence-electron chi connectivity index (χ3n) is 6.32. The van der Waals surface area contributed by atoms with Gasteiger partial charge in [0, 0.05) is 11.5 Å². The molecule has 4 unspecified atom stereocenters. The van der Waals surface area contributed by atoms with Crippen LogP contribution in [0.25, 0.3) is 0 Å². The van der Waals surface area contributed by atoms with E-state index in [9.17, 15) is 0 Å². The van der Waals surface area contributed by atoms with Gasteiger partial charge in [-0.3, -0.25) is 0 Å². The minimum absolute atomic E-state index is 0.0491. The van der Waals surface area contributed by atoms with Crippen molar-refractivity contribution in [3.63, 3.8) is 0 Å². The molecule has 0 saturated heterocycles. The molecular weight excluding hydrogens is 254 g/mol. The maximum absolute atomic E-state index is 7.13. The largest absolute Gasteiger partial charge is 0.324 e. The SMILES string of the molecule is CCC1CCCC(C2(N)CCCCC2c2ccccc2)C1. The fraction of sp³-hybridized carbons (Fsp3) is 0.700. The highest BCUT2D eigenvalue weighted by Gasteiger charge is 2.45. The van der Waals surface area contributed by atoms with E-state index in [1.54, 1.807) is 0 Å². The lowest BCUT2D eigenvalue weighted by Crippen LogP contribution is -2.54. The van der Waals surface area contributed by atoms with Gasteiger partial charge in [0.2, 0.25) is 0 Å². The fourth-order valence-electron chi connectivity index (χ4n) is 5.02. The summed E-state index contributed by atoms with van der Waals surface area (Å²) < 4.78 is 0. The zero-order valence-corrected chi connectivity index (χ0v) is 13.6. The molecule has 1 aromatic rings. The van der Waals surface area contributed by atoms with Crippen LogP contribution in [0.1, 0.15) is 76.2 Å². The molecule has 0 heterocycles. The van der Waals surface area contributed by atoms with Gasteiger partial charge >= 0.3 is 0 Å². The summed E-state index contributed by atoms with van der Waals surface area (Å²) in [5.74, 6) is 2.23. The molecule has 116 valence electrons. The first-order valence-electron chi connectivity index (χ1n) is 9.08. The van der Waals surface area contributed by atoms with Crippen LogP contribution in [0.15, 0.2) is 30.3 Å². The third kappa shape index (κ3) is 3.04. The molecule has 2 saturated carbocycles. The molecule has 0 aromatic heterocycles. The Bertz CT molecular complexity index is 440. The van der Waals surface area contributed by atoms with Gasteiger partial charge in [0.15, 0.2) is 0 Å². The van der Waals surface area contributed by atoms with Crippen LogP contribution in [0.4, 0.5) is 0 Å².